The Bertz CT molecular complexity index is 567. The molecule has 6 heteroatoms. The van der Waals surface area contributed by atoms with Crippen LogP contribution < -0.4 is 5.73 Å². The van der Waals surface area contributed by atoms with Crippen molar-refractivity contribution in [3.63, 3.8) is 0 Å². The van der Waals surface area contributed by atoms with Gasteiger partial charge >= 0.3 is 0 Å². The van der Waals surface area contributed by atoms with E-state index >= 15 is 0 Å². The molecule has 1 amide bonds. The number of rotatable bonds is 5. The summed E-state index contributed by atoms with van der Waals surface area (Å²) in [6, 6.07) is 8.26. The molecule has 2 aromatic rings. The summed E-state index contributed by atoms with van der Waals surface area (Å²) in [6.45, 7) is 0.600. The summed E-state index contributed by atoms with van der Waals surface area (Å²) in [4.78, 5) is 15.5. The van der Waals surface area contributed by atoms with Crippen LogP contribution in [0.25, 0.3) is 0 Å². The number of amides is 1. The molecule has 0 fully saturated rings. The fraction of sp³-hybridized carbons (Fsp3) is 0.214. The zero-order chi connectivity index (χ0) is 14.5. The van der Waals surface area contributed by atoms with E-state index in [-0.39, 0.29) is 17.5 Å². The second-order valence-corrected chi connectivity index (χ2v) is 6.42. The first-order valence-corrected chi connectivity index (χ1v) is 7.86. The lowest BCUT2D eigenvalue weighted by molar-refractivity contribution is -0.127. The highest BCUT2D eigenvalue weighted by molar-refractivity contribution is 8.00. The highest BCUT2D eigenvalue weighted by atomic mass is 32.2. The average Bonchev–Trinajstić information content (AvgIpc) is 2.87. The van der Waals surface area contributed by atoms with Gasteiger partial charge in [-0.25, -0.2) is 4.39 Å². The van der Waals surface area contributed by atoms with E-state index in [9.17, 15) is 9.18 Å². The molecular formula is C14H15FN2OS2. The van der Waals surface area contributed by atoms with Crippen molar-refractivity contribution in [2.75, 3.05) is 18.5 Å². The number of carbonyl (C=O) groups is 1. The van der Waals surface area contributed by atoms with E-state index in [2.05, 4.69) is 0 Å². The molecule has 0 bridgehead atoms. The molecule has 0 aliphatic heterocycles. The molecule has 1 aromatic carbocycles. The number of nitrogen functional groups attached to an aromatic ring is 1. The summed E-state index contributed by atoms with van der Waals surface area (Å²) in [7, 11) is 1.77. The van der Waals surface area contributed by atoms with E-state index in [0.717, 1.165) is 4.88 Å². The van der Waals surface area contributed by atoms with Gasteiger partial charge in [0.05, 0.1) is 12.3 Å². The maximum absolute atomic E-state index is 13.2. The van der Waals surface area contributed by atoms with Gasteiger partial charge in [0.15, 0.2) is 0 Å². The Morgan fingerprint density at radius 1 is 1.45 bits per heavy atom. The molecule has 0 radical (unpaired) electrons. The summed E-state index contributed by atoms with van der Waals surface area (Å²) in [5, 5.41) is 1.98. The quantitative estimate of drug-likeness (QED) is 0.681. The molecule has 0 saturated carbocycles. The average molecular weight is 310 g/mol. The third kappa shape index (κ3) is 4.25. The number of benzene rings is 1. The van der Waals surface area contributed by atoms with Gasteiger partial charge in [0.2, 0.25) is 5.91 Å². The summed E-state index contributed by atoms with van der Waals surface area (Å²) < 4.78 is 13.2. The lowest BCUT2D eigenvalue weighted by Crippen LogP contribution is -2.27. The van der Waals surface area contributed by atoms with E-state index in [1.807, 2.05) is 17.5 Å². The number of hydrogen-bond donors (Lipinski definition) is 1. The van der Waals surface area contributed by atoms with Gasteiger partial charge in [-0.2, -0.15) is 0 Å². The van der Waals surface area contributed by atoms with Crippen LogP contribution in [0.15, 0.2) is 40.6 Å². The predicted octanol–water partition coefficient (Wildman–Crippen LogP) is 3.22. The van der Waals surface area contributed by atoms with Crippen molar-refractivity contribution in [2.45, 2.75) is 11.4 Å². The highest BCUT2D eigenvalue weighted by Gasteiger charge is 2.11. The largest absolute Gasteiger partial charge is 0.399 e. The SMILES string of the molecule is CN(Cc1cccs1)C(=O)CSc1cc(N)cc(F)c1. The number of thioether (sulfide) groups is 1. The Kier molecular flexibility index (Phi) is 5.03. The fourth-order valence-corrected chi connectivity index (χ4v) is 3.33. The van der Waals surface area contributed by atoms with E-state index in [4.69, 9.17) is 5.73 Å². The fourth-order valence-electron chi connectivity index (χ4n) is 1.65. The molecular weight excluding hydrogens is 295 g/mol. The van der Waals surface area contributed by atoms with Gasteiger partial charge in [-0.05, 0) is 29.6 Å². The van der Waals surface area contributed by atoms with Gasteiger partial charge in [-0.1, -0.05) is 6.07 Å². The van der Waals surface area contributed by atoms with E-state index in [0.29, 0.717) is 17.1 Å². The molecule has 1 aromatic heterocycles. The molecule has 106 valence electrons. The van der Waals surface area contributed by atoms with Crippen LogP contribution in [-0.4, -0.2) is 23.6 Å². The Labute approximate surface area is 125 Å². The Balaban J connectivity index is 1.88. The van der Waals surface area contributed by atoms with Crippen LogP contribution in [0.2, 0.25) is 0 Å². The number of nitrogens with zero attached hydrogens (tertiary/aromatic N) is 1. The van der Waals surface area contributed by atoms with E-state index in [1.54, 1.807) is 29.4 Å². The molecule has 3 nitrogen and oxygen atoms in total. The van der Waals surface area contributed by atoms with Crippen molar-refractivity contribution < 1.29 is 9.18 Å². The maximum Gasteiger partial charge on any atom is 0.233 e. The topological polar surface area (TPSA) is 46.3 Å². The van der Waals surface area contributed by atoms with Crippen molar-refractivity contribution in [2.24, 2.45) is 0 Å². The van der Waals surface area contributed by atoms with Gasteiger partial charge < -0.3 is 10.6 Å². The van der Waals surface area contributed by atoms with Crippen LogP contribution >= 0.6 is 23.1 Å². The molecule has 2 N–H and O–H groups in total. The van der Waals surface area contributed by atoms with Gasteiger partial charge in [0.25, 0.3) is 0 Å². The molecule has 0 saturated heterocycles. The molecule has 2 rings (SSSR count). The van der Waals surface area contributed by atoms with Crippen molar-refractivity contribution in [1.82, 2.24) is 4.90 Å². The lowest BCUT2D eigenvalue weighted by Gasteiger charge is -2.16. The minimum absolute atomic E-state index is 0.00577. The van der Waals surface area contributed by atoms with Crippen molar-refractivity contribution in [3.8, 4) is 0 Å². The minimum Gasteiger partial charge on any atom is -0.399 e. The van der Waals surface area contributed by atoms with Crippen molar-refractivity contribution in [1.29, 1.82) is 0 Å². The zero-order valence-electron chi connectivity index (χ0n) is 11.0. The summed E-state index contributed by atoms with van der Waals surface area (Å²) >= 11 is 2.91. The van der Waals surface area contributed by atoms with E-state index in [1.165, 1.54) is 23.9 Å². The van der Waals surface area contributed by atoms with E-state index < -0.39 is 0 Å². The maximum atomic E-state index is 13.2. The van der Waals surface area contributed by atoms with Crippen LogP contribution in [0.3, 0.4) is 0 Å². The minimum atomic E-state index is -0.383. The van der Waals surface area contributed by atoms with Crippen LogP contribution in [0.4, 0.5) is 10.1 Å². The molecule has 1 heterocycles. The summed E-state index contributed by atoms with van der Waals surface area (Å²) in [5.41, 5.74) is 5.94. The van der Waals surface area contributed by atoms with Crippen LogP contribution in [0.5, 0.6) is 0 Å². The molecule has 0 atom stereocenters. The number of halogens is 1. The molecule has 0 aliphatic carbocycles. The number of thiophene rings is 1. The Hall–Kier alpha value is -1.53. The van der Waals surface area contributed by atoms with Crippen LogP contribution in [0.1, 0.15) is 4.88 Å². The summed E-state index contributed by atoms with van der Waals surface area (Å²) in [5.74, 6) is -0.108. The van der Waals surface area contributed by atoms with Crippen molar-refractivity contribution >= 4 is 34.7 Å². The molecule has 0 aliphatic rings. The molecule has 0 spiro atoms. The Morgan fingerprint density at radius 3 is 2.90 bits per heavy atom. The Morgan fingerprint density at radius 2 is 2.25 bits per heavy atom. The highest BCUT2D eigenvalue weighted by Crippen LogP contribution is 2.22. The number of hydrogen-bond acceptors (Lipinski definition) is 4. The van der Waals surface area contributed by atoms with Crippen LogP contribution in [-0.2, 0) is 11.3 Å². The normalized spacial score (nSPS) is 10.5. The first-order chi connectivity index (χ1) is 9.54. The second-order valence-electron chi connectivity index (χ2n) is 4.34. The zero-order valence-corrected chi connectivity index (χ0v) is 12.6. The molecule has 20 heavy (non-hydrogen) atoms. The standard InChI is InChI=1S/C14H15FN2OS2/c1-17(8-12-3-2-4-19-12)14(18)9-20-13-6-10(15)5-11(16)7-13/h2-7H,8-9,16H2,1H3. The third-order valence-electron chi connectivity index (χ3n) is 2.65. The first-order valence-electron chi connectivity index (χ1n) is 6.00. The van der Waals surface area contributed by atoms with Crippen molar-refractivity contribution in [3.05, 3.63) is 46.4 Å². The second kappa shape index (κ2) is 6.76. The predicted molar refractivity (Wildman–Crippen MR) is 82.3 cm³/mol. The number of anilines is 1. The number of carbonyl (C=O) groups excluding carboxylic acids is 1. The van der Waals surface area contributed by atoms with Gasteiger partial charge in [-0.15, -0.1) is 23.1 Å². The van der Waals surface area contributed by atoms with Crippen LogP contribution in [0, 0.1) is 5.82 Å². The third-order valence-corrected chi connectivity index (χ3v) is 4.48. The van der Waals surface area contributed by atoms with Gasteiger partial charge in [-0.3, -0.25) is 4.79 Å². The first kappa shape index (κ1) is 14.9. The van der Waals surface area contributed by atoms with Gasteiger partial charge in [0, 0.05) is 22.5 Å². The monoisotopic (exact) mass is 310 g/mol. The van der Waals surface area contributed by atoms with Gasteiger partial charge in [0.1, 0.15) is 5.82 Å². The molecule has 0 unspecified atom stereocenters. The summed E-state index contributed by atoms with van der Waals surface area (Å²) in [6.07, 6.45) is 0. The number of nitrogens with two attached hydrogens (primary N) is 1. The smallest absolute Gasteiger partial charge is 0.233 e. The lowest BCUT2D eigenvalue weighted by atomic mass is 10.3.